The molecule has 1 aliphatic heterocycles. The molecule has 0 N–H and O–H groups in total. The molecule has 0 fully saturated rings. The average molecular weight is 416 g/mol. The molecule has 160 valence electrons. The molecule has 0 spiro atoms. The highest BCUT2D eigenvalue weighted by Gasteiger charge is 2.34. The Morgan fingerprint density at radius 1 is 0.968 bits per heavy atom. The number of hydrogen-bond donors (Lipinski definition) is 0. The summed E-state index contributed by atoms with van der Waals surface area (Å²) in [6.07, 6.45) is 0.483. The van der Waals surface area contributed by atoms with E-state index in [2.05, 4.69) is 36.4 Å². The first-order chi connectivity index (χ1) is 14.9. The number of fused-ring (bicyclic) bond motifs is 1. The van der Waals surface area contributed by atoms with E-state index in [1.54, 1.807) is 0 Å². The van der Waals surface area contributed by atoms with Gasteiger partial charge in [-0.1, -0.05) is 66.7 Å². The second-order valence-corrected chi connectivity index (χ2v) is 8.87. The van der Waals surface area contributed by atoms with Crippen LogP contribution in [0.25, 0.3) is 0 Å². The quantitative estimate of drug-likeness (QED) is 0.513. The van der Waals surface area contributed by atoms with Gasteiger partial charge >= 0.3 is 6.09 Å². The summed E-state index contributed by atoms with van der Waals surface area (Å²) in [5, 5.41) is 0. The van der Waals surface area contributed by atoms with Crippen molar-refractivity contribution in [1.29, 1.82) is 0 Å². The fraction of sp³-hybridized carbons (Fsp3) is 0.296. The van der Waals surface area contributed by atoms with Gasteiger partial charge in [-0.15, -0.1) is 0 Å². The van der Waals surface area contributed by atoms with Gasteiger partial charge in [-0.25, -0.2) is 4.79 Å². The predicted molar refractivity (Wildman–Crippen MR) is 122 cm³/mol. The Kier molecular flexibility index (Phi) is 5.99. The molecule has 3 aromatic rings. The van der Waals surface area contributed by atoms with E-state index in [1.807, 2.05) is 68.1 Å². The molecule has 0 bridgehead atoms. The molecule has 4 heteroatoms. The van der Waals surface area contributed by atoms with Gasteiger partial charge in [0.25, 0.3) is 0 Å². The van der Waals surface area contributed by atoms with Crippen molar-refractivity contribution in [3.63, 3.8) is 0 Å². The van der Waals surface area contributed by atoms with E-state index in [0.29, 0.717) is 13.2 Å². The number of rotatable bonds is 4. The van der Waals surface area contributed by atoms with Gasteiger partial charge in [0, 0.05) is 6.54 Å². The van der Waals surface area contributed by atoms with Crippen LogP contribution in [0, 0.1) is 0 Å². The molecule has 0 aliphatic carbocycles. The summed E-state index contributed by atoms with van der Waals surface area (Å²) in [5.41, 5.74) is 4.01. The van der Waals surface area contributed by atoms with E-state index in [4.69, 9.17) is 9.47 Å². The van der Waals surface area contributed by atoms with Gasteiger partial charge in [0.1, 0.15) is 18.0 Å². The number of nitrogens with zero attached hydrogens (tertiary/aromatic N) is 1. The molecule has 3 aromatic carbocycles. The van der Waals surface area contributed by atoms with Crippen molar-refractivity contribution >= 4 is 6.09 Å². The summed E-state index contributed by atoms with van der Waals surface area (Å²) in [5.74, 6) is 0.847. The van der Waals surface area contributed by atoms with Crippen LogP contribution in [-0.2, 0) is 17.8 Å². The number of carbonyl (C=O) groups is 1. The first-order valence-electron chi connectivity index (χ1n) is 10.7. The molecule has 1 unspecified atom stereocenters. The third-order valence-corrected chi connectivity index (χ3v) is 5.33. The molecular weight excluding hydrogens is 386 g/mol. The lowest BCUT2D eigenvalue weighted by Crippen LogP contribution is -2.43. The van der Waals surface area contributed by atoms with Crippen LogP contribution < -0.4 is 4.74 Å². The van der Waals surface area contributed by atoms with Crippen molar-refractivity contribution in [2.75, 3.05) is 6.54 Å². The molecule has 1 amide bonds. The number of carbonyl (C=O) groups excluding carboxylic acids is 1. The maximum absolute atomic E-state index is 13.0. The Hall–Kier alpha value is -3.27. The summed E-state index contributed by atoms with van der Waals surface area (Å²) in [4.78, 5) is 14.9. The van der Waals surface area contributed by atoms with E-state index in [-0.39, 0.29) is 12.1 Å². The summed E-state index contributed by atoms with van der Waals surface area (Å²) in [7, 11) is 0. The lowest BCUT2D eigenvalue weighted by atomic mass is 9.88. The van der Waals surface area contributed by atoms with Gasteiger partial charge in [-0.3, -0.25) is 4.90 Å². The molecule has 0 aromatic heterocycles. The molecule has 4 nitrogen and oxygen atoms in total. The van der Waals surface area contributed by atoms with E-state index in [1.165, 1.54) is 5.56 Å². The maximum atomic E-state index is 13.0. The van der Waals surface area contributed by atoms with Crippen molar-refractivity contribution in [3.05, 3.63) is 101 Å². The van der Waals surface area contributed by atoms with E-state index in [9.17, 15) is 4.79 Å². The monoisotopic (exact) mass is 415 g/mol. The van der Waals surface area contributed by atoms with Crippen LogP contribution in [0.2, 0.25) is 0 Å². The van der Waals surface area contributed by atoms with E-state index < -0.39 is 5.60 Å². The molecular formula is C27H29NO3. The van der Waals surface area contributed by atoms with Gasteiger partial charge in [0.05, 0.1) is 6.04 Å². The largest absolute Gasteiger partial charge is 0.489 e. The maximum Gasteiger partial charge on any atom is 0.411 e. The van der Waals surface area contributed by atoms with Crippen molar-refractivity contribution in [3.8, 4) is 5.75 Å². The lowest BCUT2D eigenvalue weighted by molar-refractivity contribution is 0.0178. The molecule has 1 aliphatic rings. The molecule has 1 heterocycles. The standard InChI is InChI=1S/C27H29NO3/c1-27(2,3)31-26(29)28-17-16-22-18-23(30-19-20-10-6-4-7-11-20)14-15-24(22)25(28)21-12-8-5-9-13-21/h4-15,18,25H,16-17,19H2,1-3H3. The molecule has 0 saturated carbocycles. The Morgan fingerprint density at radius 2 is 1.65 bits per heavy atom. The first-order valence-corrected chi connectivity index (χ1v) is 10.7. The van der Waals surface area contributed by atoms with Crippen molar-refractivity contribution < 1.29 is 14.3 Å². The van der Waals surface area contributed by atoms with Crippen LogP contribution in [-0.4, -0.2) is 23.1 Å². The summed E-state index contributed by atoms with van der Waals surface area (Å²) >= 11 is 0. The number of benzene rings is 3. The van der Waals surface area contributed by atoms with Crippen LogP contribution in [0.15, 0.2) is 78.9 Å². The minimum absolute atomic E-state index is 0.178. The third-order valence-electron chi connectivity index (χ3n) is 5.33. The summed E-state index contributed by atoms with van der Waals surface area (Å²) < 4.78 is 11.8. The van der Waals surface area contributed by atoms with Gasteiger partial charge < -0.3 is 9.47 Å². The Bertz CT molecular complexity index is 1030. The van der Waals surface area contributed by atoms with Gasteiger partial charge in [-0.05, 0) is 61.6 Å². The number of amides is 1. The average Bonchev–Trinajstić information content (AvgIpc) is 2.77. The second-order valence-electron chi connectivity index (χ2n) is 8.87. The predicted octanol–water partition coefficient (Wildman–Crippen LogP) is 6.15. The Labute approximate surface area is 184 Å². The highest BCUT2D eigenvalue weighted by atomic mass is 16.6. The van der Waals surface area contributed by atoms with Crippen LogP contribution in [0.1, 0.15) is 49.1 Å². The molecule has 0 radical (unpaired) electrons. The first kappa shape index (κ1) is 21.0. The van der Waals surface area contributed by atoms with Gasteiger partial charge in [-0.2, -0.15) is 0 Å². The van der Waals surface area contributed by atoms with Crippen LogP contribution in [0.3, 0.4) is 0 Å². The highest BCUT2D eigenvalue weighted by Crippen LogP contribution is 2.37. The lowest BCUT2D eigenvalue weighted by Gasteiger charge is -2.38. The van der Waals surface area contributed by atoms with Crippen LogP contribution >= 0.6 is 0 Å². The molecule has 1 atom stereocenters. The number of hydrogen-bond acceptors (Lipinski definition) is 3. The summed E-state index contributed by atoms with van der Waals surface area (Å²) in [6, 6.07) is 26.3. The smallest absolute Gasteiger partial charge is 0.411 e. The minimum atomic E-state index is -0.534. The van der Waals surface area contributed by atoms with Gasteiger partial charge in [0.15, 0.2) is 0 Å². The highest BCUT2D eigenvalue weighted by molar-refractivity contribution is 5.70. The number of ether oxygens (including phenoxy) is 2. The Balaban J connectivity index is 1.62. The Morgan fingerprint density at radius 3 is 2.32 bits per heavy atom. The minimum Gasteiger partial charge on any atom is -0.489 e. The second kappa shape index (κ2) is 8.84. The van der Waals surface area contributed by atoms with E-state index in [0.717, 1.165) is 28.9 Å². The zero-order valence-electron chi connectivity index (χ0n) is 18.4. The van der Waals surface area contributed by atoms with Crippen molar-refractivity contribution in [2.24, 2.45) is 0 Å². The van der Waals surface area contributed by atoms with Crippen molar-refractivity contribution in [1.82, 2.24) is 4.90 Å². The summed E-state index contributed by atoms with van der Waals surface area (Å²) in [6.45, 7) is 6.83. The van der Waals surface area contributed by atoms with E-state index >= 15 is 0 Å². The SMILES string of the molecule is CC(C)(C)OC(=O)N1CCc2cc(OCc3ccccc3)ccc2C1c1ccccc1. The zero-order chi connectivity index (χ0) is 21.8. The van der Waals surface area contributed by atoms with Crippen LogP contribution in [0.5, 0.6) is 5.75 Å². The molecule has 0 saturated heterocycles. The van der Waals surface area contributed by atoms with Crippen molar-refractivity contribution in [2.45, 2.75) is 45.4 Å². The molecule has 4 rings (SSSR count). The molecule has 31 heavy (non-hydrogen) atoms. The fourth-order valence-corrected chi connectivity index (χ4v) is 3.95. The van der Waals surface area contributed by atoms with Gasteiger partial charge in [0.2, 0.25) is 0 Å². The van der Waals surface area contributed by atoms with Crippen LogP contribution in [0.4, 0.5) is 4.79 Å². The zero-order valence-corrected chi connectivity index (χ0v) is 18.4. The third kappa shape index (κ3) is 5.08. The normalized spacial score (nSPS) is 15.8. The fourth-order valence-electron chi connectivity index (χ4n) is 3.95. The topological polar surface area (TPSA) is 38.8 Å².